The Hall–Kier alpha value is -0.550. The Morgan fingerprint density at radius 1 is 0.938 bits per heavy atom. The van der Waals surface area contributed by atoms with Gasteiger partial charge in [-0.05, 0) is 64.6 Å². The average Bonchev–Trinajstić information content (AvgIpc) is 2.30. The summed E-state index contributed by atoms with van der Waals surface area (Å²) in [6.45, 7) is 0. The Morgan fingerprint density at radius 2 is 1.56 bits per heavy atom. The first-order valence-electron chi connectivity index (χ1n) is 4.87. The van der Waals surface area contributed by atoms with E-state index in [0.717, 1.165) is 10.6 Å². The average molecular weight is 344 g/mol. The number of thioether (sulfide) groups is 1. The van der Waals surface area contributed by atoms with Crippen molar-refractivity contribution >= 4 is 34.4 Å². The number of rotatable bonds is 3. The number of hydrogen-bond acceptors (Lipinski definition) is 1. The van der Waals surface area contributed by atoms with E-state index >= 15 is 0 Å². The van der Waals surface area contributed by atoms with Crippen LogP contribution in [-0.4, -0.2) is 0 Å². The molecular weight excluding hydrogens is 334 g/mol. The van der Waals surface area contributed by atoms with Gasteiger partial charge in [0, 0.05) is 14.2 Å². The van der Waals surface area contributed by atoms with Crippen molar-refractivity contribution in [2.75, 3.05) is 0 Å². The highest BCUT2D eigenvalue weighted by molar-refractivity contribution is 14.1. The normalized spacial score (nSPS) is 10.4. The number of benzene rings is 2. The van der Waals surface area contributed by atoms with Crippen molar-refractivity contribution in [3.63, 3.8) is 0 Å². The van der Waals surface area contributed by atoms with Gasteiger partial charge in [-0.3, -0.25) is 0 Å². The monoisotopic (exact) mass is 344 g/mol. The van der Waals surface area contributed by atoms with Crippen LogP contribution in [0.25, 0.3) is 0 Å². The minimum absolute atomic E-state index is 0.182. The summed E-state index contributed by atoms with van der Waals surface area (Å²) in [5, 5.41) is 0. The van der Waals surface area contributed by atoms with Gasteiger partial charge in [-0.1, -0.05) is 12.1 Å². The second-order valence-corrected chi connectivity index (χ2v) is 5.66. The molecule has 3 heteroatoms. The molecule has 0 N–H and O–H groups in total. The van der Waals surface area contributed by atoms with E-state index in [0.29, 0.717) is 0 Å². The molecule has 82 valence electrons. The third kappa shape index (κ3) is 3.49. The summed E-state index contributed by atoms with van der Waals surface area (Å²) in [6.07, 6.45) is 0. The van der Waals surface area contributed by atoms with Gasteiger partial charge >= 0.3 is 0 Å². The van der Waals surface area contributed by atoms with Crippen molar-refractivity contribution in [2.45, 2.75) is 10.6 Å². The van der Waals surface area contributed by atoms with Crippen LogP contribution in [0, 0.1) is 9.39 Å². The fraction of sp³-hybridized carbons (Fsp3) is 0.0769. The van der Waals surface area contributed by atoms with Crippen LogP contribution in [-0.2, 0) is 5.75 Å². The number of halogens is 2. The maximum Gasteiger partial charge on any atom is 0.123 e. The van der Waals surface area contributed by atoms with E-state index < -0.39 is 0 Å². The van der Waals surface area contributed by atoms with Crippen molar-refractivity contribution in [1.29, 1.82) is 0 Å². The van der Waals surface area contributed by atoms with Gasteiger partial charge in [0.05, 0.1) is 0 Å². The molecule has 0 aromatic heterocycles. The van der Waals surface area contributed by atoms with Gasteiger partial charge in [0.25, 0.3) is 0 Å². The number of hydrogen-bond donors (Lipinski definition) is 0. The molecule has 0 amide bonds. The van der Waals surface area contributed by atoms with Gasteiger partial charge in [-0.2, -0.15) is 0 Å². The molecule has 0 spiro atoms. The zero-order chi connectivity index (χ0) is 11.4. The van der Waals surface area contributed by atoms with Gasteiger partial charge in [0.2, 0.25) is 0 Å². The van der Waals surface area contributed by atoms with Crippen molar-refractivity contribution in [2.24, 2.45) is 0 Å². The molecule has 0 heterocycles. The Morgan fingerprint density at radius 3 is 2.19 bits per heavy atom. The van der Waals surface area contributed by atoms with Crippen LogP contribution in [0.3, 0.4) is 0 Å². The summed E-state index contributed by atoms with van der Waals surface area (Å²) in [6, 6.07) is 15.1. The van der Waals surface area contributed by atoms with Crippen LogP contribution in [0.2, 0.25) is 0 Å². The minimum Gasteiger partial charge on any atom is -0.207 e. The lowest BCUT2D eigenvalue weighted by Gasteiger charge is -2.02. The fourth-order valence-corrected chi connectivity index (χ4v) is 2.49. The van der Waals surface area contributed by atoms with E-state index in [-0.39, 0.29) is 5.82 Å². The van der Waals surface area contributed by atoms with Crippen molar-refractivity contribution in [3.8, 4) is 0 Å². The summed E-state index contributed by atoms with van der Waals surface area (Å²) in [4.78, 5) is 1.10. The summed E-state index contributed by atoms with van der Waals surface area (Å²) in [5.41, 5.74) is 1.29. The first-order chi connectivity index (χ1) is 7.74. The first kappa shape index (κ1) is 11.9. The van der Waals surface area contributed by atoms with Gasteiger partial charge in [0.15, 0.2) is 0 Å². The molecule has 0 unspecified atom stereocenters. The lowest BCUT2D eigenvalue weighted by molar-refractivity contribution is 0.626. The minimum atomic E-state index is -0.182. The maximum absolute atomic E-state index is 12.7. The van der Waals surface area contributed by atoms with Crippen LogP contribution in [0.4, 0.5) is 4.39 Å². The third-order valence-electron chi connectivity index (χ3n) is 2.13. The van der Waals surface area contributed by atoms with E-state index in [1.165, 1.54) is 21.3 Å². The van der Waals surface area contributed by atoms with Crippen molar-refractivity contribution in [1.82, 2.24) is 0 Å². The highest BCUT2D eigenvalue weighted by Gasteiger charge is 1.97. The van der Waals surface area contributed by atoms with Crippen LogP contribution in [0.5, 0.6) is 0 Å². The largest absolute Gasteiger partial charge is 0.207 e. The molecule has 2 aromatic carbocycles. The van der Waals surface area contributed by atoms with Crippen molar-refractivity contribution in [3.05, 3.63) is 63.5 Å². The van der Waals surface area contributed by atoms with Crippen LogP contribution < -0.4 is 0 Å². The molecule has 0 saturated carbocycles. The molecule has 2 rings (SSSR count). The molecule has 0 saturated heterocycles. The van der Waals surface area contributed by atoms with Gasteiger partial charge < -0.3 is 0 Å². The summed E-state index contributed by atoms with van der Waals surface area (Å²) >= 11 is 4.01. The highest BCUT2D eigenvalue weighted by atomic mass is 127. The summed E-state index contributed by atoms with van der Waals surface area (Å²) in [5.74, 6) is 0.737. The smallest absolute Gasteiger partial charge is 0.123 e. The standard InChI is InChI=1S/C13H10FIS/c14-11-3-7-13(8-4-11)16-9-10-1-5-12(15)6-2-10/h1-8H,9H2. The van der Waals surface area contributed by atoms with E-state index in [1.54, 1.807) is 11.8 Å². The lowest BCUT2D eigenvalue weighted by Crippen LogP contribution is -1.81. The zero-order valence-corrected chi connectivity index (χ0v) is 11.5. The third-order valence-corrected chi connectivity index (χ3v) is 3.93. The molecule has 0 aliphatic heterocycles. The molecular formula is C13H10FIS. The van der Waals surface area contributed by atoms with E-state index in [4.69, 9.17) is 0 Å². The van der Waals surface area contributed by atoms with Crippen LogP contribution in [0.15, 0.2) is 53.4 Å². The first-order valence-corrected chi connectivity index (χ1v) is 6.93. The Kier molecular flexibility index (Phi) is 4.23. The van der Waals surface area contributed by atoms with E-state index in [9.17, 15) is 4.39 Å². The molecule has 0 atom stereocenters. The van der Waals surface area contributed by atoms with Crippen LogP contribution >= 0.6 is 34.4 Å². The quantitative estimate of drug-likeness (QED) is 0.573. The topological polar surface area (TPSA) is 0 Å². The second-order valence-electron chi connectivity index (χ2n) is 3.37. The van der Waals surface area contributed by atoms with Gasteiger partial charge in [-0.15, -0.1) is 11.8 Å². The van der Waals surface area contributed by atoms with Gasteiger partial charge in [-0.25, -0.2) is 4.39 Å². The molecule has 0 bridgehead atoms. The van der Waals surface area contributed by atoms with Gasteiger partial charge in [0.1, 0.15) is 5.82 Å². The SMILES string of the molecule is Fc1ccc(SCc2ccc(I)cc2)cc1. The zero-order valence-electron chi connectivity index (χ0n) is 8.49. The predicted octanol–water partition coefficient (Wildman–Crippen LogP) is 4.72. The Bertz CT molecular complexity index is 405. The Balaban J connectivity index is 1.97. The fourth-order valence-electron chi connectivity index (χ4n) is 1.28. The predicted molar refractivity (Wildman–Crippen MR) is 75.1 cm³/mol. The molecule has 0 aliphatic rings. The highest BCUT2D eigenvalue weighted by Crippen LogP contribution is 2.23. The summed E-state index contributed by atoms with van der Waals surface area (Å²) in [7, 11) is 0. The molecule has 0 radical (unpaired) electrons. The molecule has 16 heavy (non-hydrogen) atoms. The van der Waals surface area contributed by atoms with E-state index in [2.05, 4.69) is 46.9 Å². The van der Waals surface area contributed by atoms with Crippen molar-refractivity contribution < 1.29 is 4.39 Å². The van der Waals surface area contributed by atoms with E-state index in [1.807, 2.05) is 12.1 Å². The van der Waals surface area contributed by atoms with Crippen LogP contribution in [0.1, 0.15) is 5.56 Å². The molecule has 2 aromatic rings. The molecule has 0 aliphatic carbocycles. The molecule has 0 nitrogen and oxygen atoms in total. The second kappa shape index (κ2) is 5.68. The Labute approximate surface area is 112 Å². The summed E-state index contributed by atoms with van der Waals surface area (Å²) < 4.78 is 13.9. The lowest BCUT2D eigenvalue weighted by atomic mass is 10.2. The molecule has 0 fully saturated rings. The maximum atomic E-state index is 12.7.